The number of aliphatic carboxylic acids is 1. The van der Waals surface area contributed by atoms with E-state index in [9.17, 15) is 24.5 Å². The van der Waals surface area contributed by atoms with Crippen LogP contribution >= 0.6 is 0 Å². The van der Waals surface area contributed by atoms with Crippen molar-refractivity contribution >= 4 is 17.8 Å². The fourth-order valence-electron chi connectivity index (χ4n) is 3.37. The van der Waals surface area contributed by atoms with Gasteiger partial charge in [0.2, 0.25) is 5.91 Å². The Balaban J connectivity index is 2.58. The zero-order chi connectivity index (χ0) is 21.0. The molecule has 0 saturated heterocycles. The number of hydrogen-bond donors (Lipinski definition) is 3. The second-order valence-electron chi connectivity index (χ2n) is 6.15. The maximum absolute atomic E-state index is 12.7. The normalized spacial score (nSPS) is 21.5. The second-order valence-corrected chi connectivity index (χ2v) is 6.15. The number of methoxy groups -OCH3 is 1. The molecule has 0 spiro atoms. The Labute approximate surface area is 160 Å². The summed E-state index contributed by atoms with van der Waals surface area (Å²) >= 11 is 0. The topological polar surface area (TPSA) is 148 Å². The SMILES string of the molecule is COC1=C(C)NC(C)=C(C(=O)NCC(=O)O)C1C1C=CC=C([N+](=O)[O-])C1=C=O. The molecule has 10 nitrogen and oxygen atoms in total. The minimum absolute atomic E-state index is 0.121. The van der Waals surface area contributed by atoms with Crippen LogP contribution in [0.2, 0.25) is 0 Å². The molecule has 3 N–H and O–H groups in total. The standard InChI is InChI=1S/C18H19N3O7/c1-9-15(18(25)19-7-14(23)24)16(17(28-3)10(2)20-9)11-5-4-6-13(21(26)27)12(11)8-22/h4-6,11,16,20H,7H2,1-3H3,(H,19,25)(H,23,24). The molecule has 0 fully saturated rings. The molecule has 148 valence electrons. The Morgan fingerprint density at radius 3 is 2.61 bits per heavy atom. The number of nitrogens with zero attached hydrogens (tertiary/aromatic N) is 1. The summed E-state index contributed by atoms with van der Waals surface area (Å²) in [7, 11) is 1.38. The van der Waals surface area contributed by atoms with Crippen LogP contribution in [-0.4, -0.2) is 41.5 Å². The Hall–Kier alpha value is -3.65. The summed E-state index contributed by atoms with van der Waals surface area (Å²) in [6.07, 6.45) is 4.16. The third-order valence-corrected chi connectivity index (χ3v) is 4.45. The maximum atomic E-state index is 12.7. The second kappa shape index (κ2) is 8.36. The summed E-state index contributed by atoms with van der Waals surface area (Å²) in [6.45, 7) is 2.70. The van der Waals surface area contributed by atoms with Crippen LogP contribution in [0.1, 0.15) is 13.8 Å². The van der Waals surface area contributed by atoms with Gasteiger partial charge in [-0.2, -0.15) is 0 Å². The molecular formula is C18H19N3O7. The largest absolute Gasteiger partial charge is 0.499 e. The van der Waals surface area contributed by atoms with Crippen LogP contribution in [0.4, 0.5) is 0 Å². The highest BCUT2D eigenvalue weighted by molar-refractivity contribution is 5.97. The lowest BCUT2D eigenvalue weighted by Crippen LogP contribution is -2.40. The number of allylic oxidation sites excluding steroid dienone is 7. The van der Waals surface area contributed by atoms with Gasteiger partial charge in [0.15, 0.2) is 0 Å². The van der Waals surface area contributed by atoms with Crippen molar-refractivity contribution in [3.05, 3.63) is 62.3 Å². The lowest BCUT2D eigenvalue weighted by molar-refractivity contribution is -0.421. The van der Waals surface area contributed by atoms with E-state index in [4.69, 9.17) is 9.84 Å². The summed E-state index contributed by atoms with van der Waals surface area (Å²) in [5.74, 6) is -1.75. The highest BCUT2D eigenvalue weighted by Gasteiger charge is 2.43. The molecule has 10 heteroatoms. The van der Waals surface area contributed by atoms with Crippen LogP contribution in [0.5, 0.6) is 0 Å². The van der Waals surface area contributed by atoms with Crippen molar-refractivity contribution in [2.45, 2.75) is 13.8 Å². The lowest BCUT2D eigenvalue weighted by atomic mass is 9.74. The van der Waals surface area contributed by atoms with E-state index in [1.807, 2.05) is 0 Å². The average Bonchev–Trinajstić information content (AvgIpc) is 2.64. The van der Waals surface area contributed by atoms with Gasteiger partial charge in [0, 0.05) is 23.3 Å². The van der Waals surface area contributed by atoms with Crippen molar-refractivity contribution in [1.29, 1.82) is 0 Å². The number of hydrogen-bond acceptors (Lipinski definition) is 7. The number of ether oxygens (including phenoxy) is 1. The predicted octanol–water partition coefficient (Wildman–Crippen LogP) is 0.663. The van der Waals surface area contributed by atoms with E-state index in [1.54, 1.807) is 25.9 Å². The summed E-state index contributed by atoms with van der Waals surface area (Å²) in [5.41, 5.74) is 0.462. The van der Waals surface area contributed by atoms with Gasteiger partial charge in [0.25, 0.3) is 5.70 Å². The van der Waals surface area contributed by atoms with Crippen molar-refractivity contribution in [2.24, 2.45) is 11.8 Å². The molecule has 0 bridgehead atoms. The molecule has 28 heavy (non-hydrogen) atoms. The number of rotatable bonds is 6. The third-order valence-electron chi connectivity index (χ3n) is 4.45. The number of nitro groups is 1. The van der Waals surface area contributed by atoms with Crippen molar-refractivity contribution in [1.82, 2.24) is 10.6 Å². The summed E-state index contributed by atoms with van der Waals surface area (Å²) < 4.78 is 5.43. The van der Waals surface area contributed by atoms with Gasteiger partial charge in [-0.3, -0.25) is 19.7 Å². The number of carboxylic acids is 1. The molecule has 0 aromatic rings. The van der Waals surface area contributed by atoms with Crippen molar-refractivity contribution in [2.75, 3.05) is 13.7 Å². The van der Waals surface area contributed by atoms with Gasteiger partial charge in [-0.15, -0.1) is 0 Å². The Kier molecular flexibility index (Phi) is 6.17. The first-order chi connectivity index (χ1) is 13.2. The number of amides is 1. The van der Waals surface area contributed by atoms with Gasteiger partial charge < -0.3 is 20.5 Å². The zero-order valence-corrected chi connectivity index (χ0v) is 15.4. The van der Waals surface area contributed by atoms with Crippen molar-refractivity contribution < 1.29 is 29.2 Å². The van der Waals surface area contributed by atoms with Crippen LogP contribution in [0.3, 0.4) is 0 Å². The van der Waals surface area contributed by atoms with Crippen LogP contribution in [0.15, 0.2) is 52.2 Å². The molecule has 2 aliphatic rings. The van der Waals surface area contributed by atoms with E-state index in [0.29, 0.717) is 17.2 Å². The Morgan fingerprint density at radius 1 is 1.39 bits per heavy atom. The van der Waals surface area contributed by atoms with Crippen LogP contribution in [0.25, 0.3) is 0 Å². The maximum Gasteiger partial charge on any atom is 0.322 e. The molecule has 1 amide bonds. The molecule has 0 saturated carbocycles. The first-order valence-electron chi connectivity index (χ1n) is 8.23. The number of carbonyl (C=O) groups excluding carboxylic acids is 2. The van der Waals surface area contributed by atoms with Crippen LogP contribution in [-0.2, 0) is 19.1 Å². The van der Waals surface area contributed by atoms with Crippen molar-refractivity contribution in [3.63, 3.8) is 0 Å². The van der Waals surface area contributed by atoms with Crippen molar-refractivity contribution in [3.8, 4) is 0 Å². The Morgan fingerprint density at radius 2 is 2.07 bits per heavy atom. The molecule has 1 aliphatic carbocycles. The number of carboxylic acid groups (broad SMARTS) is 1. The van der Waals surface area contributed by atoms with Gasteiger partial charge in [-0.1, -0.05) is 12.2 Å². The third kappa shape index (κ3) is 3.86. The Bertz CT molecular complexity index is 904. The highest BCUT2D eigenvalue weighted by Crippen LogP contribution is 2.42. The van der Waals surface area contributed by atoms with Gasteiger partial charge in [-0.25, -0.2) is 4.79 Å². The molecule has 1 aliphatic heterocycles. The molecule has 1 heterocycles. The zero-order valence-electron chi connectivity index (χ0n) is 15.4. The van der Waals surface area contributed by atoms with Gasteiger partial charge in [0.05, 0.1) is 23.6 Å². The van der Waals surface area contributed by atoms with Gasteiger partial charge in [0.1, 0.15) is 23.8 Å². The summed E-state index contributed by atoms with van der Waals surface area (Å²) in [4.78, 5) is 45.7. The van der Waals surface area contributed by atoms with E-state index in [-0.39, 0.29) is 11.1 Å². The number of nitrogens with one attached hydrogen (secondary N) is 2. The van der Waals surface area contributed by atoms with E-state index in [1.165, 1.54) is 19.3 Å². The van der Waals surface area contributed by atoms with Gasteiger partial charge >= 0.3 is 5.97 Å². The fraction of sp³-hybridized carbons (Fsp3) is 0.333. The monoisotopic (exact) mass is 389 g/mol. The molecular weight excluding hydrogens is 370 g/mol. The van der Waals surface area contributed by atoms with E-state index in [2.05, 4.69) is 10.6 Å². The fourth-order valence-corrected chi connectivity index (χ4v) is 3.37. The minimum atomic E-state index is -1.23. The van der Waals surface area contributed by atoms with Crippen LogP contribution < -0.4 is 10.6 Å². The van der Waals surface area contributed by atoms with E-state index < -0.39 is 40.9 Å². The smallest absolute Gasteiger partial charge is 0.322 e. The number of carbonyl (C=O) groups is 2. The molecule has 0 aromatic carbocycles. The van der Waals surface area contributed by atoms with E-state index >= 15 is 0 Å². The van der Waals surface area contributed by atoms with Crippen LogP contribution in [0, 0.1) is 22.0 Å². The predicted molar refractivity (Wildman–Crippen MR) is 96.6 cm³/mol. The summed E-state index contributed by atoms with van der Waals surface area (Å²) in [6, 6.07) is 0. The first-order valence-corrected chi connectivity index (χ1v) is 8.23. The lowest BCUT2D eigenvalue weighted by Gasteiger charge is -2.34. The number of dihydropyridines is 1. The molecule has 2 atom stereocenters. The quantitative estimate of drug-likeness (QED) is 0.341. The van der Waals surface area contributed by atoms with E-state index in [0.717, 1.165) is 0 Å². The summed E-state index contributed by atoms with van der Waals surface area (Å²) in [5, 5.41) is 25.4. The average molecular weight is 389 g/mol. The highest BCUT2D eigenvalue weighted by atomic mass is 16.6. The molecule has 0 aromatic heterocycles. The van der Waals surface area contributed by atoms with Gasteiger partial charge in [-0.05, 0) is 13.8 Å². The molecule has 0 radical (unpaired) electrons. The first kappa shape index (κ1) is 20.7. The molecule has 2 unspecified atom stereocenters. The molecule has 2 rings (SSSR count). The minimum Gasteiger partial charge on any atom is -0.499 e.